The molecule has 0 aliphatic carbocycles. The second-order valence-electron chi connectivity index (χ2n) is 4.48. The summed E-state index contributed by atoms with van der Waals surface area (Å²) in [7, 11) is 0. The molecule has 2 aromatic rings. The number of nitrogens with one attached hydrogen (secondary N) is 1. The third-order valence-electron chi connectivity index (χ3n) is 2.88. The number of carbonyl (C=O) groups excluding carboxylic acids is 1. The molecule has 0 saturated carbocycles. The molecule has 3 rings (SSSR count). The lowest BCUT2D eigenvalue weighted by Gasteiger charge is -1.98. The van der Waals surface area contributed by atoms with Crippen LogP contribution in [0.3, 0.4) is 0 Å². The van der Waals surface area contributed by atoms with Gasteiger partial charge >= 0.3 is 0 Å². The molecule has 0 unspecified atom stereocenters. The van der Waals surface area contributed by atoms with Crippen molar-refractivity contribution in [3.8, 4) is 0 Å². The Balaban J connectivity index is 1.87. The van der Waals surface area contributed by atoms with Gasteiger partial charge in [0.1, 0.15) is 5.82 Å². The summed E-state index contributed by atoms with van der Waals surface area (Å²) in [6.07, 6.45) is 1.52. The highest BCUT2D eigenvalue weighted by Gasteiger charge is 2.24. The van der Waals surface area contributed by atoms with E-state index in [9.17, 15) is 9.18 Å². The summed E-state index contributed by atoms with van der Waals surface area (Å²) in [5, 5.41) is 3.16. The number of thioether (sulfide) groups is 1. The van der Waals surface area contributed by atoms with Crippen LogP contribution in [0.15, 0.2) is 62.9 Å². The van der Waals surface area contributed by atoms with Crippen LogP contribution >= 0.6 is 27.7 Å². The molecule has 2 aromatic carbocycles. The second-order valence-corrected chi connectivity index (χ2v) is 6.43. The van der Waals surface area contributed by atoms with E-state index in [-0.39, 0.29) is 11.7 Å². The van der Waals surface area contributed by atoms with Crippen molar-refractivity contribution in [2.24, 2.45) is 4.99 Å². The van der Waals surface area contributed by atoms with Crippen molar-refractivity contribution in [2.45, 2.75) is 0 Å². The van der Waals surface area contributed by atoms with Crippen molar-refractivity contribution < 1.29 is 9.18 Å². The van der Waals surface area contributed by atoms with Crippen molar-refractivity contribution in [1.82, 2.24) is 5.32 Å². The van der Waals surface area contributed by atoms with Gasteiger partial charge in [0.2, 0.25) is 0 Å². The highest BCUT2D eigenvalue weighted by atomic mass is 79.9. The average molecular weight is 377 g/mol. The molecule has 1 amide bonds. The highest BCUT2D eigenvalue weighted by molar-refractivity contribution is 9.10. The van der Waals surface area contributed by atoms with E-state index in [1.165, 1.54) is 23.9 Å². The number of carbonyl (C=O) groups is 1. The molecule has 0 atom stereocenters. The van der Waals surface area contributed by atoms with Crippen LogP contribution in [0.1, 0.15) is 5.56 Å². The first-order valence-electron chi connectivity index (χ1n) is 6.41. The first-order chi connectivity index (χ1) is 10.6. The summed E-state index contributed by atoms with van der Waals surface area (Å²) >= 11 is 4.48. The molecule has 22 heavy (non-hydrogen) atoms. The van der Waals surface area contributed by atoms with Crippen molar-refractivity contribution in [3.63, 3.8) is 0 Å². The van der Waals surface area contributed by atoms with E-state index >= 15 is 0 Å². The number of hydrogen-bond donors (Lipinski definition) is 1. The van der Waals surface area contributed by atoms with Gasteiger partial charge in [0.05, 0.1) is 10.6 Å². The number of halogens is 2. The Morgan fingerprint density at radius 3 is 2.73 bits per heavy atom. The summed E-state index contributed by atoms with van der Waals surface area (Å²) in [6.45, 7) is 0. The second kappa shape index (κ2) is 6.46. The zero-order valence-corrected chi connectivity index (χ0v) is 13.6. The average Bonchev–Trinajstić information content (AvgIpc) is 2.84. The van der Waals surface area contributed by atoms with Crippen molar-refractivity contribution in [1.29, 1.82) is 0 Å². The molecular formula is C16H10BrFN2OS. The van der Waals surface area contributed by atoms with Gasteiger partial charge in [-0.05, 0) is 48.2 Å². The summed E-state index contributed by atoms with van der Waals surface area (Å²) in [6, 6.07) is 13.9. The maximum atomic E-state index is 13.8. The van der Waals surface area contributed by atoms with Gasteiger partial charge in [0, 0.05) is 10.0 Å². The normalized spacial score (nSPS) is 18.0. The Kier molecular flexibility index (Phi) is 4.40. The van der Waals surface area contributed by atoms with Crippen LogP contribution in [-0.2, 0) is 4.79 Å². The monoisotopic (exact) mass is 376 g/mol. The summed E-state index contributed by atoms with van der Waals surface area (Å²) in [4.78, 5) is 16.7. The van der Waals surface area contributed by atoms with E-state index in [1.54, 1.807) is 12.1 Å². The summed E-state index contributed by atoms with van der Waals surface area (Å²) in [5.41, 5.74) is 1.10. The molecule has 0 aromatic heterocycles. The van der Waals surface area contributed by atoms with Gasteiger partial charge in [-0.15, -0.1) is 0 Å². The van der Waals surface area contributed by atoms with Crippen molar-refractivity contribution in [2.75, 3.05) is 0 Å². The molecule has 1 aliphatic heterocycles. The molecule has 0 bridgehead atoms. The van der Waals surface area contributed by atoms with Crippen LogP contribution in [0.4, 0.5) is 10.1 Å². The van der Waals surface area contributed by atoms with E-state index in [0.29, 0.717) is 15.6 Å². The smallest absolute Gasteiger partial charge is 0.264 e. The number of amides is 1. The molecule has 1 heterocycles. The topological polar surface area (TPSA) is 41.5 Å². The third kappa shape index (κ3) is 3.45. The highest BCUT2D eigenvalue weighted by Crippen LogP contribution is 2.29. The predicted molar refractivity (Wildman–Crippen MR) is 91.3 cm³/mol. The number of amidine groups is 1. The van der Waals surface area contributed by atoms with E-state index in [0.717, 1.165) is 10.2 Å². The molecular weight excluding hydrogens is 367 g/mol. The molecule has 1 aliphatic rings. The first-order valence-corrected chi connectivity index (χ1v) is 8.02. The van der Waals surface area contributed by atoms with Crippen LogP contribution < -0.4 is 5.32 Å². The molecule has 110 valence electrons. The molecule has 0 spiro atoms. The molecule has 1 N–H and O–H groups in total. The van der Waals surface area contributed by atoms with Crippen LogP contribution in [0.2, 0.25) is 0 Å². The van der Waals surface area contributed by atoms with Gasteiger partial charge in [-0.2, -0.15) is 0 Å². The lowest BCUT2D eigenvalue weighted by Crippen LogP contribution is -2.19. The van der Waals surface area contributed by atoms with Crippen molar-refractivity contribution >= 4 is 50.5 Å². The predicted octanol–water partition coefficient (Wildman–Crippen LogP) is 4.48. The summed E-state index contributed by atoms with van der Waals surface area (Å²) in [5.74, 6) is -0.656. The number of rotatable bonds is 2. The first kappa shape index (κ1) is 15.0. The molecule has 0 radical (unpaired) electrons. The fraction of sp³-hybridized carbons (Fsp3) is 0. The zero-order chi connectivity index (χ0) is 15.5. The van der Waals surface area contributed by atoms with Crippen molar-refractivity contribution in [3.05, 3.63) is 69.3 Å². The fourth-order valence-corrected chi connectivity index (χ4v) is 3.08. The molecule has 3 nitrogen and oxygen atoms in total. The maximum Gasteiger partial charge on any atom is 0.264 e. The standard InChI is InChI=1S/C16H10BrFN2OS/c17-11-6-7-13(18)10(8-11)9-14-15(21)20-16(22-14)19-12-4-2-1-3-5-12/h1-9H,(H,19,20,21)/b14-9+. The lowest BCUT2D eigenvalue weighted by atomic mass is 10.2. The quantitative estimate of drug-likeness (QED) is 0.785. The number of hydrogen-bond acceptors (Lipinski definition) is 3. The minimum atomic E-state index is -0.377. The number of benzene rings is 2. The van der Waals surface area contributed by atoms with Gasteiger partial charge < -0.3 is 5.32 Å². The van der Waals surface area contributed by atoms with Crippen LogP contribution in [0.5, 0.6) is 0 Å². The minimum Gasteiger partial charge on any atom is -0.300 e. The SMILES string of the molecule is O=C1NC(=Nc2ccccc2)S/C1=C/c1cc(Br)ccc1F. The van der Waals surface area contributed by atoms with Gasteiger partial charge in [0.15, 0.2) is 5.17 Å². The summed E-state index contributed by atoms with van der Waals surface area (Å²) < 4.78 is 14.5. The van der Waals surface area contributed by atoms with E-state index in [1.807, 2.05) is 30.3 Å². The molecule has 6 heteroatoms. The maximum absolute atomic E-state index is 13.8. The number of para-hydroxylation sites is 1. The molecule has 1 fully saturated rings. The van der Waals surface area contributed by atoms with Crippen LogP contribution in [0, 0.1) is 5.82 Å². The Bertz CT molecular complexity index is 790. The van der Waals surface area contributed by atoms with E-state index < -0.39 is 0 Å². The third-order valence-corrected chi connectivity index (χ3v) is 4.29. The Hall–Kier alpha value is -1.92. The largest absolute Gasteiger partial charge is 0.300 e. The van der Waals surface area contributed by atoms with Crippen LogP contribution in [0.25, 0.3) is 6.08 Å². The van der Waals surface area contributed by atoms with Gasteiger partial charge in [-0.3, -0.25) is 4.79 Å². The number of aliphatic imine (C=N–C) groups is 1. The Labute approximate surface area is 139 Å². The minimum absolute atomic E-state index is 0.279. The van der Waals surface area contributed by atoms with Gasteiger partial charge in [-0.25, -0.2) is 9.38 Å². The number of nitrogens with zero attached hydrogens (tertiary/aromatic N) is 1. The Morgan fingerprint density at radius 2 is 1.95 bits per heavy atom. The van der Waals surface area contributed by atoms with Crippen LogP contribution in [-0.4, -0.2) is 11.1 Å². The fourth-order valence-electron chi connectivity index (χ4n) is 1.87. The van der Waals surface area contributed by atoms with Gasteiger partial charge in [-0.1, -0.05) is 34.1 Å². The van der Waals surface area contributed by atoms with E-state index in [2.05, 4.69) is 26.2 Å². The Morgan fingerprint density at radius 1 is 1.18 bits per heavy atom. The molecule has 1 saturated heterocycles. The van der Waals surface area contributed by atoms with E-state index in [4.69, 9.17) is 0 Å². The lowest BCUT2D eigenvalue weighted by molar-refractivity contribution is -0.115. The zero-order valence-electron chi connectivity index (χ0n) is 11.2. The van der Waals surface area contributed by atoms with Gasteiger partial charge in [0.25, 0.3) is 5.91 Å².